The summed E-state index contributed by atoms with van der Waals surface area (Å²) in [5.74, 6) is 0.177. The van der Waals surface area contributed by atoms with Crippen molar-refractivity contribution in [3.05, 3.63) is 60.2 Å². The summed E-state index contributed by atoms with van der Waals surface area (Å²) in [5.41, 5.74) is 2.42. The number of nitrogens with zero attached hydrogens (tertiary/aromatic N) is 5. The van der Waals surface area contributed by atoms with E-state index in [9.17, 15) is 4.79 Å². The molecule has 154 valence electrons. The van der Waals surface area contributed by atoms with Gasteiger partial charge in [0.2, 0.25) is 10.9 Å². The minimum Gasteiger partial charge on any atom is -0.339 e. The molecule has 1 saturated heterocycles. The molecule has 0 spiro atoms. The first kappa shape index (κ1) is 19.5. The average Bonchev–Trinajstić information content (AvgIpc) is 3.34. The van der Waals surface area contributed by atoms with Crippen LogP contribution in [0.25, 0.3) is 15.2 Å². The van der Waals surface area contributed by atoms with E-state index in [-0.39, 0.29) is 11.2 Å². The normalized spacial score (nSPS) is 16.4. The number of para-hydroxylation sites is 1. The second kappa shape index (κ2) is 8.37. The number of rotatable bonds is 5. The van der Waals surface area contributed by atoms with Crippen molar-refractivity contribution >= 4 is 44.2 Å². The predicted molar refractivity (Wildman–Crippen MR) is 122 cm³/mol. The zero-order chi connectivity index (χ0) is 20.5. The average molecular weight is 438 g/mol. The fourth-order valence-corrected chi connectivity index (χ4v) is 5.83. The van der Waals surface area contributed by atoms with Gasteiger partial charge < -0.3 is 4.90 Å². The standard InChI is InChI=1S/C22H23N5OS2/c1-16(29-21-23-24-22-27(21)18-9-5-6-10-19(18)30-22)20(28)26-13-11-25(12-14-26)15-17-7-3-2-4-8-17/h2-10,16H,11-15H2,1H3/t16-/m1/s1. The second-order valence-electron chi connectivity index (χ2n) is 7.52. The van der Waals surface area contributed by atoms with Crippen LogP contribution in [-0.4, -0.2) is 61.7 Å². The lowest BCUT2D eigenvalue weighted by atomic mass is 10.2. The molecule has 1 amide bonds. The van der Waals surface area contributed by atoms with E-state index < -0.39 is 0 Å². The maximum atomic E-state index is 13.1. The molecule has 1 aliphatic heterocycles. The summed E-state index contributed by atoms with van der Waals surface area (Å²) in [6.45, 7) is 6.26. The fraction of sp³-hybridized carbons (Fsp3) is 0.318. The summed E-state index contributed by atoms with van der Waals surface area (Å²) >= 11 is 3.12. The van der Waals surface area contributed by atoms with Gasteiger partial charge in [-0.15, -0.1) is 10.2 Å². The minimum absolute atomic E-state index is 0.177. The molecule has 4 aromatic rings. The minimum atomic E-state index is -0.197. The lowest BCUT2D eigenvalue weighted by Gasteiger charge is -2.35. The molecule has 1 aliphatic rings. The van der Waals surface area contributed by atoms with Gasteiger partial charge in [0.05, 0.1) is 15.5 Å². The molecule has 2 aromatic heterocycles. The zero-order valence-electron chi connectivity index (χ0n) is 16.8. The van der Waals surface area contributed by atoms with Gasteiger partial charge in [0.25, 0.3) is 0 Å². The smallest absolute Gasteiger partial charge is 0.235 e. The molecule has 2 aromatic carbocycles. The van der Waals surface area contributed by atoms with Gasteiger partial charge in [0, 0.05) is 32.7 Å². The quantitative estimate of drug-likeness (QED) is 0.445. The Morgan fingerprint density at radius 1 is 1.03 bits per heavy atom. The Labute approximate surface area is 183 Å². The van der Waals surface area contributed by atoms with Crippen molar-refractivity contribution < 1.29 is 4.79 Å². The van der Waals surface area contributed by atoms with Crippen molar-refractivity contribution in [3.63, 3.8) is 0 Å². The van der Waals surface area contributed by atoms with Crippen LogP contribution in [0.4, 0.5) is 0 Å². The first-order chi connectivity index (χ1) is 14.7. The SMILES string of the molecule is C[C@@H](Sc1nnc2sc3ccccc3n12)C(=O)N1CCN(Cc2ccccc2)CC1. The van der Waals surface area contributed by atoms with Crippen molar-refractivity contribution in [1.29, 1.82) is 0 Å². The highest BCUT2D eigenvalue weighted by molar-refractivity contribution is 8.00. The predicted octanol–water partition coefficient (Wildman–Crippen LogP) is 3.77. The van der Waals surface area contributed by atoms with Gasteiger partial charge in [-0.3, -0.25) is 14.1 Å². The van der Waals surface area contributed by atoms with Crippen LogP contribution in [0.2, 0.25) is 0 Å². The third kappa shape index (κ3) is 3.82. The van der Waals surface area contributed by atoms with E-state index in [1.165, 1.54) is 22.0 Å². The van der Waals surface area contributed by atoms with E-state index in [2.05, 4.69) is 55.9 Å². The summed E-state index contributed by atoms with van der Waals surface area (Å²) < 4.78 is 3.24. The summed E-state index contributed by atoms with van der Waals surface area (Å²) in [6, 6.07) is 18.7. The van der Waals surface area contributed by atoms with Crippen LogP contribution in [-0.2, 0) is 11.3 Å². The number of carbonyl (C=O) groups is 1. The molecular weight excluding hydrogens is 414 g/mol. The topological polar surface area (TPSA) is 53.7 Å². The second-order valence-corrected chi connectivity index (χ2v) is 9.83. The lowest BCUT2D eigenvalue weighted by Crippen LogP contribution is -2.50. The Morgan fingerprint density at radius 3 is 2.57 bits per heavy atom. The Balaban J connectivity index is 1.22. The van der Waals surface area contributed by atoms with Crippen LogP contribution >= 0.6 is 23.1 Å². The fourth-order valence-electron chi connectivity index (χ4n) is 3.87. The number of benzene rings is 2. The molecule has 0 N–H and O–H groups in total. The number of aromatic nitrogens is 3. The molecule has 0 saturated carbocycles. The Kier molecular flexibility index (Phi) is 5.45. The first-order valence-electron chi connectivity index (χ1n) is 10.1. The lowest BCUT2D eigenvalue weighted by molar-refractivity contribution is -0.132. The monoisotopic (exact) mass is 437 g/mol. The molecule has 0 aliphatic carbocycles. The number of carbonyl (C=O) groups excluding carboxylic acids is 1. The van der Waals surface area contributed by atoms with Crippen LogP contribution < -0.4 is 0 Å². The molecular formula is C22H23N5OS2. The van der Waals surface area contributed by atoms with Crippen LogP contribution in [0.15, 0.2) is 59.8 Å². The third-order valence-corrected chi connectivity index (χ3v) is 7.52. The van der Waals surface area contributed by atoms with Gasteiger partial charge in [-0.25, -0.2) is 0 Å². The number of hydrogen-bond donors (Lipinski definition) is 0. The summed E-state index contributed by atoms with van der Waals surface area (Å²) in [5, 5.41) is 9.23. The number of hydrogen-bond acceptors (Lipinski definition) is 6. The van der Waals surface area contributed by atoms with Gasteiger partial charge in [-0.05, 0) is 24.6 Å². The van der Waals surface area contributed by atoms with E-state index in [4.69, 9.17) is 0 Å². The van der Waals surface area contributed by atoms with Gasteiger partial charge in [0.1, 0.15) is 0 Å². The Bertz CT molecular complexity index is 1160. The Morgan fingerprint density at radius 2 is 1.77 bits per heavy atom. The highest BCUT2D eigenvalue weighted by Crippen LogP contribution is 2.31. The highest BCUT2D eigenvalue weighted by atomic mass is 32.2. The number of amides is 1. The number of thiazole rings is 1. The van der Waals surface area contributed by atoms with E-state index in [1.807, 2.05) is 30.0 Å². The molecule has 0 unspecified atom stereocenters. The van der Waals surface area contributed by atoms with Gasteiger partial charge in [0.15, 0.2) is 5.16 Å². The summed E-state index contributed by atoms with van der Waals surface area (Å²) in [4.78, 5) is 18.3. The number of piperazine rings is 1. The van der Waals surface area contributed by atoms with Gasteiger partial charge >= 0.3 is 0 Å². The highest BCUT2D eigenvalue weighted by Gasteiger charge is 2.27. The molecule has 1 fully saturated rings. The van der Waals surface area contributed by atoms with Crippen molar-refractivity contribution in [2.75, 3.05) is 26.2 Å². The molecule has 8 heteroatoms. The number of thioether (sulfide) groups is 1. The third-order valence-electron chi connectivity index (χ3n) is 5.47. The van der Waals surface area contributed by atoms with Gasteiger partial charge in [-0.1, -0.05) is 65.6 Å². The Hall–Kier alpha value is -2.42. The molecule has 0 radical (unpaired) electrons. The summed E-state index contributed by atoms with van der Waals surface area (Å²) in [6.07, 6.45) is 0. The molecule has 1 atom stereocenters. The van der Waals surface area contributed by atoms with Gasteiger partial charge in [-0.2, -0.15) is 0 Å². The van der Waals surface area contributed by atoms with E-state index >= 15 is 0 Å². The number of fused-ring (bicyclic) bond motifs is 3. The molecule has 6 nitrogen and oxygen atoms in total. The molecule has 5 rings (SSSR count). The van der Waals surface area contributed by atoms with E-state index in [1.54, 1.807) is 11.3 Å². The van der Waals surface area contributed by atoms with Crippen molar-refractivity contribution in [3.8, 4) is 0 Å². The van der Waals surface area contributed by atoms with E-state index in [0.717, 1.165) is 48.4 Å². The first-order valence-corrected chi connectivity index (χ1v) is 11.8. The summed E-state index contributed by atoms with van der Waals surface area (Å²) in [7, 11) is 0. The van der Waals surface area contributed by atoms with Crippen molar-refractivity contribution in [2.24, 2.45) is 0 Å². The molecule has 0 bridgehead atoms. The van der Waals surface area contributed by atoms with Crippen LogP contribution in [0, 0.1) is 0 Å². The zero-order valence-corrected chi connectivity index (χ0v) is 18.4. The van der Waals surface area contributed by atoms with Crippen LogP contribution in [0.3, 0.4) is 0 Å². The van der Waals surface area contributed by atoms with E-state index in [0.29, 0.717) is 0 Å². The van der Waals surface area contributed by atoms with Crippen LogP contribution in [0.5, 0.6) is 0 Å². The van der Waals surface area contributed by atoms with Crippen LogP contribution in [0.1, 0.15) is 12.5 Å². The maximum absolute atomic E-state index is 13.1. The molecule has 30 heavy (non-hydrogen) atoms. The maximum Gasteiger partial charge on any atom is 0.235 e. The largest absolute Gasteiger partial charge is 0.339 e. The van der Waals surface area contributed by atoms with Crippen molar-refractivity contribution in [1.82, 2.24) is 24.4 Å². The van der Waals surface area contributed by atoms with Crippen molar-refractivity contribution in [2.45, 2.75) is 23.9 Å². The molecule has 3 heterocycles.